The Bertz CT molecular complexity index is 708. The molecular weight excluding hydrogens is 290 g/mol. The van der Waals surface area contributed by atoms with Gasteiger partial charge in [0.2, 0.25) is 5.56 Å². The topological polar surface area (TPSA) is 54.3 Å². The molecule has 1 heterocycles. The summed E-state index contributed by atoms with van der Waals surface area (Å²) in [5.74, 6) is -0.164. The minimum absolute atomic E-state index is 0.00265. The molecule has 2 rings (SSSR count). The van der Waals surface area contributed by atoms with Gasteiger partial charge >= 0.3 is 0 Å². The third-order valence-electron chi connectivity index (χ3n) is 3.59. The number of hydrogen-bond acceptors (Lipinski definition) is 3. The van der Waals surface area contributed by atoms with Crippen LogP contribution in [0, 0.1) is 0 Å². The number of aromatic nitrogens is 1. The lowest BCUT2D eigenvalue weighted by Gasteiger charge is -2.22. The molecule has 0 aliphatic rings. The standard InChI is InChI=1S/C18H23N3O2/c1-20(2)13-16(11-14-7-5-4-6-8-14)19-18(23)15-9-10-17(22)21(3)12-15/h4-10,12,16H,11,13H2,1-3H3,(H,19,23)/t16-/m0/s1. The number of pyridine rings is 1. The molecule has 0 fully saturated rings. The molecule has 23 heavy (non-hydrogen) atoms. The van der Waals surface area contributed by atoms with Crippen molar-refractivity contribution in [3.63, 3.8) is 0 Å². The van der Waals surface area contributed by atoms with E-state index < -0.39 is 0 Å². The summed E-state index contributed by atoms with van der Waals surface area (Å²) < 4.78 is 1.41. The molecule has 122 valence electrons. The molecule has 1 aromatic carbocycles. The Balaban J connectivity index is 2.11. The normalized spacial score (nSPS) is 12.2. The van der Waals surface area contributed by atoms with Gasteiger partial charge in [0, 0.05) is 31.9 Å². The van der Waals surface area contributed by atoms with Gasteiger partial charge < -0.3 is 14.8 Å². The predicted molar refractivity (Wildman–Crippen MR) is 91.6 cm³/mol. The smallest absolute Gasteiger partial charge is 0.253 e. The van der Waals surface area contributed by atoms with E-state index in [0.29, 0.717) is 5.56 Å². The zero-order valence-electron chi connectivity index (χ0n) is 13.8. The average molecular weight is 313 g/mol. The van der Waals surface area contributed by atoms with Crippen LogP contribution in [0.3, 0.4) is 0 Å². The number of nitrogens with one attached hydrogen (secondary N) is 1. The SMILES string of the molecule is CN(C)C[C@H](Cc1ccccc1)NC(=O)c1ccc(=O)n(C)c1. The number of benzene rings is 1. The molecule has 0 saturated carbocycles. The minimum Gasteiger partial charge on any atom is -0.348 e. The van der Waals surface area contributed by atoms with Gasteiger partial charge in [-0.15, -0.1) is 0 Å². The van der Waals surface area contributed by atoms with Crippen LogP contribution in [0.4, 0.5) is 0 Å². The van der Waals surface area contributed by atoms with Crippen molar-refractivity contribution in [2.45, 2.75) is 12.5 Å². The Morgan fingerprint density at radius 2 is 1.87 bits per heavy atom. The molecule has 5 nitrogen and oxygen atoms in total. The maximum absolute atomic E-state index is 12.4. The van der Waals surface area contributed by atoms with Crippen molar-refractivity contribution in [1.82, 2.24) is 14.8 Å². The van der Waals surface area contributed by atoms with Crippen LogP contribution >= 0.6 is 0 Å². The van der Waals surface area contributed by atoms with Gasteiger partial charge in [-0.1, -0.05) is 30.3 Å². The van der Waals surface area contributed by atoms with E-state index in [0.717, 1.165) is 13.0 Å². The molecule has 0 aliphatic heterocycles. The van der Waals surface area contributed by atoms with Crippen LogP contribution in [-0.4, -0.2) is 42.1 Å². The lowest BCUT2D eigenvalue weighted by Crippen LogP contribution is -2.43. The largest absolute Gasteiger partial charge is 0.348 e. The Morgan fingerprint density at radius 1 is 1.17 bits per heavy atom. The van der Waals surface area contributed by atoms with Gasteiger partial charge in [-0.2, -0.15) is 0 Å². The molecule has 0 unspecified atom stereocenters. The molecule has 0 spiro atoms. The highest BCUT2D eigenvalue weighted by atomic mass is 16.2. The molecule has 0 bridgehead atoms. The predicted octanol–water partition coefficient (Wildman–Crippen LogP) is 1.29. The second-order valence-corrected chi connectivity index (χ2v) is 5.99. The van der Waals surface area contributed by atoms with E-state index in [4.69, 9.17) is 0 Å². The zero-order valence-corrected chi connectivity index (χ0v) is 13.8. The van der Waals surface area contributed by atoms with E-state index in [1.54, 1.807) is 19.3 Å². The van der Waals surface area contributed by atoms with Crippen molar-refractivity contribution in [3.05, 3.63) is 70.1 Å². The van der Waals surface area contributed by atoms with Gasteiger partial charge in [0.05, 0.1) is 5.56 Å². The molecule has 1 amide bonds. The zero-order chi connectivity index (χ0) is 16.8. The highest BCUT2D eigenvalue weighted by Gasteiger charge is 2.15. The van der Waals surface area contributed by atoms with Crippen molar-refractivity contribution in [1.29, 1.82) is 0 Å². The third kappa shape index (κ3) is 5.07. The van der Waals surface area contributed by atoms with Crippen molar-refractivity contribution in [3.8, 4) is 0 Å². The number of aryl methyl sites for hydroxylation is 1. The van der Waals surface area contributed by atoms with E-state index in [-0.39, 0.29) is 17.5 Å². The van der Waals surface area contributed by atoms with E-state index in [9.17, 15) is 9.59 Å². The van der Waals surface area contributed by atoms with Gasteiger partial charge in [-0.3, -0.25) is 9.59 Å². The van der Waals surface area contributed by atoms with Crippen molar-refractivity contribution >= 4 is 5.91 Å². The number of hydrogen-bond donors (Lipinski definition) is 1. The fourth-order valence-electron chi connectivity index (χ4n) is 2.50. The summed E-state index contributed by atoms with van der Waals surface area (Å²) in [4.78, 5) is 25.9. The summed E-state index contributed by atoms with van der Waals surface area (Å²) in [6.45, 7) is 0.742. The lowest BCUT2D eigenvalue weighted by molar-refractivity contribution is 0.0929. The maximum atomic E-state index is 12.4. The molecule has 0 radical (unpaired) electrons. The summed E-state index contributed by atoms with van der Waals surface area (Å²) in [5, 5.41) is 3.06. The summed E-state index contributed by atoms with van der Waals surface area (Å²) in [7, 11) is 5.60. The summed E-state index contributed by atoms with van der Waals surface area (Å²) in [6, 6.07) is 13.1. The average Bonchev–Trinajstić information content (AvgIpc) is 2.50. The Morgan fingerprint density at radius 3 is 2.48 bits per heavy atom. The van der Waals surface area contributed by atoms with E-state index in [1.165, 1.54) is 16.2 Å². The van der Waals surface area contributed by atoms with Gasteiger partial charge in [0.1, 0.15) is 0 Å². The maximum Gasteiger partial charge on any atom is 0.253 e. The van der Waals surface area contributed by atoms with E-state index >= 15 is 0 Å². The molecule has 2 aromatic rings. The summed E-state index contributed by atoms with van der Waals surface area (Å²) in [5.41, 5.74) is 1.54. The minimum atomic E-state index is -0.164. The van der Waals surface area contributed by atoms with Crippen LogP contribution in [0.5, 0.6) is 0 Å². The first-order valence-corrected chi connectivity index (χ1v) is 7.62. The van der Waals surface area contributed by atoms with Crippen molar-refractivity contribution in [2.75, 3.05) is 20.6 Å². The highest BCUT2D eigenvalue weighted by Crippen LogP contribution is 2.05. The van der Waals surface area contributed by atoms with Gasteiger partial charge in [0.15, 0.2) is 0 Å². The number of carbonyl (C=O) groups is 1. The molecule has 1 atom stereocenters. The fraction of sp³-hybridized carbons (Fsp3) is 0.333. The number of nitrogens with zero attached hydrogens (tertiary/aromatic N) is 2. The van der Waals surface area contributed by atoms with E-state index in [2.05, 4.69) is 22.3 Å². The molecule has 0 saturated heterocycles. The Labute approximate surface area is 136 Å². The van der Waals surface area contributed by atoms with Crippen molar-refractivity contribution < 1.29 is 4.79 Å². The first kappa shape index (κ1) is 17.0. The Kier molecular flexibility index (Phi) is 5.71. The molecule has 1 N–H and O–H groups in total. The first-order valence-electron chi connectivity index (χ1n) is 7.62. The molecule has 0 aliphatic carbocycles. The van der Waals surface area contributed by atoms with Crippen LogP contribution in [0.1, 0.15) is 15.9 Å². The van der Waals surface area contributed by atoms with Gasteiger partial charge in [-0.25, -0.2) is 0 Å². The Hall–Kier alpha value is -2.40. The van der Waals surface area contributed by atoms with Crippen molar-refractivity contribution in [2.24, 2.45) is 7.05 Å². The molecule has 5 heteroatoms. The number of rotatable bonds is 6. The third-order valence-corrected chi connectivity index (χ3v) is 3.59. The molecule has 1 aromatic heterocycles. The second-order valence-electron chi connectivity index (χ2n) is 5.99. The number of carbonyl (C=O) groups excluding carboxylic acids is 1. The second kappa shape index (κ2) is 7.74. The summed E-state index contributed by atoms with van der Waals surface area (Å²) >= 11 is 0. The van der Waals surface area contributed by atoms with Crippen LogP contribution < -0.4 is 10.9 Å². The lowest BCUT2D eigenvalue weighted by atomic mass is 10.1. The monoisotopic (exact) mass is 313 g/mol. The summed E-state index contributed by atoms with van der Waals surface area (Å²) in [6.07, 6.45) is 2.32. The van der Waals surface area contributed by atoms with Crippen LogP contribution in [0.2, 0.25) is 0 Å². The van der Waals surface area contributed by atoms with Crippen LogP contribution in [-0.2, 0) is 13.5 Å². The molecular formula is C18H23N3O2. The number of likely N-dealkylation sites (N-methyl/N-ethyl adjacent to an activating group) is 1. The van der Waals surface area contributed by atoms with Gasteiger partial charge in [0.25, 0.3) is 5.91 Å². The fourth-order valence-corrected chi connectivity index (χ4v) is 2.50. The van der Waals surface area contributed by atoms with Crippen LogP contribution in [0.15, 0.2) is 53.5 Å². The first-order chi connectivity index (χ1) is 11.0. The quantitative estimate of drug-likeness (QED) is 0.874. The van der Waals surface area contributed by atoms with E-state index in [1.807, 2.05) is 32.3 Å². The van der Waals surface area contributed by atoms with Crippen LogP contribution in [0.25, 0.3) is 0 Å². The van der Waals surface area contributed by atoms with Gasteiger partial charge in [-0.05, 0) is 32.1 Å². The number of amides is 1. The highest BCUT2D eigenvalue weighted by molar-refractivity contribution is 5.94.